The highest BCUT2D eigenvalue weighted by atomic mass is 16.6. The van der Waals surface area contributed by atoms with Gasteiger partial charge in [-0.3, -0.25) is 29.4 Å². The fourth-order valence-corrected chi connectivity index (χ4v) is 4.76. The Labute approximate surface area is 230 Å². The number of piperidine rings is 1. The van der Waals surface area contributed by atoms with E-state index in [2.05, 4.69) is 10.6 Å². The Hall–Kier alpha value is -3.43. The number of nitrogens with zero attached hydrogens (tertiary/aromatic N) is 1. The molecule has 0 aliphatic carbocycles. The molecule has 2 aliphatic heterocycles. The SMILES string of the molecule is CC(C)(C)OC(=O)NCCCCCCCCCCCOc1cccc2c1C(=O)N(C1CCC(=O)NC1=O)C2=O. The van der Waals surface area contributed by atoms with E-state index in [0.29, 0.717) is 18.9 Å². The first-order chi connectivity index (χ1) is 18.6. The summed E-state index contributed by atoms with van der Waals surface area (Å²) in [6.07, 6.45) is 9.41. The topological polar surface area (TPSA) is 131 Å². The van der Waals surface area contributed by atoms with Gasteiger partial charge in [-0.05, 0) is 52.2 Å². The molecule has 1 fully saturated rings. The van der Waals surface area contributed by atoms with Gasteiger partial charge in [0.05, 0.1) is 17.7 Å². The van der Waals surface area contributed by atoms with Crippen molar-refractivity contribution in [3.05, 3.63) is 29.3 Å². The van der Waals surface area contributed by atoms with Crippen molar-refractivity contribution in [1.29, 1.82) is 0 Å². The van der Waals surface area contributed by atoms with Crippen LogP contribution in [0.4, 0.5) is 4.79 Å². The zero-order valence-electron chi connectivity index (χ0n) is 23.3. The highest BCUT2D eigenvalue weighted by Gasteiger charge is 2.45. The maximum absolute atomic E-state index is 13.1. The number of nitrogens with one attached hydrogen (secondary N) is 2. The number of carbonyl (C=O) groups is 5. The van der Waals surface area contributed by atoms with Gasteiger partial charge in [0.1, 0.15) is 17.4 Å². The van der Waals surface area contributed by atoms with Gasteiger partial charge >= 0.3 is 6.09 Å². The maximum atomic E-state index is 13.1. The lowest BCUT2D eigenvalue weighted by atomic mass is 10.0. The summed E-state index contributed by atoms with van der Waals surface area (Å²) in [6.45, 7) is 6.61. The van der Waals surface area contributed by atoms with Crippen LogP contribution in [0.2, 0.25) is 0 Å². The average Bonchev–Trinajstić information content (AvgIpc) is 3.11. The van der Waals surface area contributed by atoms with E-state index < -0.39 is 35.3 Å². The van der Waals surface area contributed by atoms with Crippen LogP contribution in [0.25, 0.3) is 0 Å². The van der Waals surface area contributed by atoms with Crippen molar-refractivity contribution in [1.82, 2.24) is 15.5 Å². The normalized spacial score (nSPS) is 17.2. The zero-order chi connectivity index (χ0) is 28.4. The predicted molar refractivity (Wildman–Crippen MR) is 144 cm³/mol. The molecule has 0 aromatic heterocycles. The summed E-state index contributed by atoms with van der Waals surface area (Å²) in [4.78, 5) is 62.2. The van der Waals surface area contributed by atoms with Crippen molar-refractivity contribution < 1.29 is 33.4 Å². The molecule has 214 valence electrons. The minimum absolute atomic E-state index is 0.0838. The van der Waals surface area contributed by atoms with E-state index in [1.165, 1.54) is 12.8 Å². The van der Waals surface area contributed by atoms with Gasteiger partial charge in [-0.2, -0.15) is 0 Å². The van der Waals surface area contributed by atoms with Crippen LogP contribution in [0.1, 0.15) is 112 Å². The number of hydrogen-bond donors (Lipinski definition) is 2. The number of unbranched alkanes of at least 4 members (excludes halogenated alkanes) is 8. The van der Waals surface area contributed by atoms with E-state index in [4.69, 9.17) is 9.47 Å². The molecule has 1 saturated heterocycles. The first-order valence-corrected chi connectivity index (χ1v) is 14.0. The third-order valence-electron chi connectivity index (χ3n) is 6.68. The summed E-state index contributed by atoms with van der Waals surface area (Å²) >= 11 is 0. The smallest absolute Gasteiger partial charge is 0.407 e. The van der Waals surface area contributed by atoms with E-state index in [1.54, 1.807) is 18.2 Å². The molecule has 0 saturated carbocycles. The molecule has 1 aromatic carbocycles. The Morgan fingerprint density at radius 3 is 2.23 bits per heavy atom. The van der Waals surface area contributed by atoms with Crippen molar-refractivity contribution in [2.45, 2.75) is 103 Å². The molecule has 0 radical (unpaired) electrons. The number of rotatable bonds is 14. The highest BCUT2D eigenvalue weighted by molar-refractivity contribution is 6.24. The highest BCUT2D eigenvalue weighted by Crippen LogP contribution is 2.33. The number of fused-ring (bicyclic) bond motifs is 1. The lowest BCUT2D eigenvalue weighted by Gasteiger charge is -2.27. The van der Waals surface area contributed by atoms with E-state index in [1.807, 2.05) is 20.8 Å². The van der Waals surface area contributed by atoms with Gasteiger partial charge < -0.3 is 14.8 Å². The first kappa shape index (κ1) is 30.1. The van der Waals surface area contributed by atoms with Gasteiger partial charge in [0.25, 0.3) is 11.8 Å². The lowest BCUT2D eigenvalue weighted by Crippen LogP contribution is -2.54. The first-order valence-electron chi connectivity index (χ1n) is 14.0. The van der Waals surface area contributed by atoms with Crippen molar-refractivity contribution >= 4 is 29.7 Å². The van der Waals surface area contributed by atoms with E-state index in [9.17, 15) is 24.0 Å². The Bertz CT molecular complexity index is 1060. The molecular formula is C29H41N3O7. The Balaban J connectivity index is 1.28. The molecule has 39 heavy (non-hydrogen) atoms. The number of benzene rings is 1. The fraction of sp³-hybridized carbons (Fsp3) is 0.621. The number of hydrogen-bond acceptors (Lipinski definition) is 7. The Morgan fingerprint density at radius 1 is 0.949 bits per heavy atom. The third kappa shape index (κ3) is 8.80. The van der Waals surface area contributed by atoms with Gasteiger partial charge in [0, 0.05) is 13.0 Å². The Kier molecular flexibility index (Phi) is 10.9. The summed E-state index contributed by atoms with van der Waals surface area (Å²) in [5.74, 6) is -1.77. The molecule has 1 aromatic rings. The molecule has 2 heterocycles. The molecule has 0 spiro atoms. The maximum Gasteiger partial charge on any atom is 0.407 e. The van der Waals surface area contributed by atoms with E-state index in [-0.39, 0.29) is 30.1 Å². The molecule has 2 aliphatic rings. The minimum atomic E-state index is -0.989. The third-order valence-corrected chi connectivity index (χ3v) is 6.68. The molecule has 10 nitrogen and oxygen atoms in total. The van der Waals surface area contributed by atoms with Crippen molar-refractivity contribution in [3.63, 3.8) is 0 Å². The molecular weight excluding hydrogens is 502 g/mol. The second-order valence-electron chi connectivity index (χ2n) is 11.1. The van der Waals surface area contributed by atoms with Crippen molar-refractivity contribution in [2.24, 2.45) is 0 Å². The second-order valence-corrected chi connectivity index (χ2v) is 11.1. The monoisotopic (exact) mass is 543 g/mol. The van der Waals surface area contributed by atoms with Crippen LogP contribution >= 0.6 is 0 Å². The average molecular weight is 544 g/mol. The van der Waals surface area contributed by atoms with Gasteiger partial charge in [-0.25, -0.2) is 4.79 Å². The van der Waals surface area contributed by atoms with Gasteiger partial charge in [0.15, 0.2) is 0 Å². The van der Waals surface area contributed by atoms with Crippen LogP contribution in [-0.4, -0.2) is 59.4 Å². The lowest BCUT2D eigenvalue weighted by molar-refractivity contribution is -0.136. The van der Waals surface area contributed by atoms with Crippen LogP contribution in [0.3, 0.4) is 0 Å². The van der Waals surface area contributed by atoms with Crippen LogP contribution in [0.5, 0.6) is 5.75 Å². The van der Waals surface area contributed by atoms with Gasteiger partial charge in [-0.1, -0.05) is 51.0 Å². The van der Waals surface area contributed by atoms with Gasteiger partial charge in [-0.15, -0.1) is 0 Å². The van der Waals surface area contributed by atoms with Crippen LogP contribution in [0, 0.1) is 0 Å². The summed E-state index contributed by atoms with van der Waals surface area (Å²) in [7, 11) is 0. The van der Waals surface area contributed by atoms with E-state index in [0.717, 1.165) is 49.8 Å². The van der Waals surface area contributed by atoms with Crippen LogP contribution in [-0.2, 0) is 14.3 Å². The minimum Gasteiger partial charge on any atom is -0.493 e. The number of amides is 5. The summed E-state index contributed by atoms with van der Waals surface area (Å²) in [5, 5.41) is 4.99. The van der Waals surface area contributed by atoms with E-state index >= 15 is 0 Å². The fourth-order valence-electron chi connectivity index (χ4n) is 4.76. The number of imide groups is 2. The van der Waals surface area contributed by atoms with Crippen molar-refractivity contribution in [2.75, 3.05) is 13.2 Å². The number of alkyl carbamates (subject to hydrolysis) is 1. The molecule has 1 atom stereocenters. The number of ether oxygens (including phenoxy) is 2. The zero-order valence-corrected chi connectivity index (χ0v) is 23.3. The summed E-state index contributed by atoms with van der Waals surface area (Å²) in [5.41, 5.74) is -0.0604. The molecule has 1 unspecified atom stereocenters. The standard InChI is InChI=1S/C29H41N3O7/c1-29(2,3)39-28(37)30-18-11-9-7-5-4-6-8-10-12-19-38-22-15-13-14-20-24(22)27(36)32(26(20)35)21-16-17-23(33)31-25(21)34/h13-15,21H,4-12,16-19H2,1-3H3,(H,30,37)(H,31,33,34). The second kappa shape index (κ2) is 14.1. The molecule has 0 bridgehead atoms. The molecule has 2 N–H and O–H groups in total. The Morgan fingerprint density at radius 2 is 1.59 bits per heavy atom. The predicted octanol–water partition coefficient (Wildman–Crippen LogP) is 4.50. The van der Waals surface area contributed by atoms with Crippen LogP contribution in [0.15, 0.2) is 18.2 Å². The number of carbonyl (C=O) groups excluding carboxylic acids is 5. The molecule has 3 rings (SSSR count). The summed E-state index contributed by atoms with van der Waals surface area (Å²) in [6, 6.07) is 3.91. The largest absolute Gasteiger partial charge is 0.493 e. The van der Waals surface area contributed by atoms with Crippen LogP contribution < -0.4 is 15.4 Å². The van der Waals surface area contributed by atoms with Crippen molar-refractivity contribution in [3.8, 4) is 5.75 Å². The molecule has 5 amide bonds. The summed E-state index contributed by atoms with van der Waals surface area (Å²) < 4.78 is 11.1. The van der Waals surface area contributed by atoms with Gasteiger partial charge in [0.2, 0.25) is 11.8 Å². The quantitative estimate of drug-likeness (QED) is 0.261. The molecule has 10 heteroatoms.